The topological polar surface area (TPSA) is 72.5 Å². The van der Waals surface area contributed by atoms with Crippen LogP contribution in [-0.2, 0) is 19.6 Å². The Morgan fingerprint density at radius 3 is 2.15 bits per heavy atom. The van der Waals surface area contributed by atoms with Crippen LogP contribution >= 0.6 is 0 Å². The third-order valence-electron chi connectivity index (χ3n) is 2.23. The van der Waals surface area contributed by atoms with E-state index in [0.717, 1.165) is 5.56 Å². The standard InChI is InChI=1S/C14H19NO4S/c1-10-6-8-12(9-7-10)20(17,18)15-11(2)13(16)19-14(3,4)5/h6-9,15H,2H2,1,3-5H3. The number of benzene rings is 1. The molecule has 0 bridgehead atoms. The third-order valence-corrected chi connectivity index (χ3v) is 3.64. The number of aryl methyl sites for hydroxylation is 1. The lowest BCUT2D eigenvalue weighted by molar-refractivity contribution is -0.150. The van der Waals surface area contributed by atoms with Crippen LogP contribution in [-0.4, -0.2) is 20.0 Å². The Morgan fingerprint density at radius 2 is 1.70 bits per heavy atom. The van der Waals surface area contributed by atoms with E-state index in [9.17, 15) is 13.2 Å². The quantitative estimate of drug-likeness (QED) is 0.682. The predicted molar refractivity (Wildman–Crippen MR) is 76.5 cm³/mol. The molecule has 0 fully saturated rings. The molecule has 0 aliphatic rings. The smallest absolute Gasteiger partial charge is 0.355 e. The van der Waals surface area contributed by atoms with Gasteiger partial charge in [0, 0.05) is 0 Å². The lowest BCUT2D eigenvalue weighted by Crippen LogP contribution is -2.32. The van der Waals surface area contributed by atoms with Gasteiger partial charge in [-0.3, -0.25) is 4.72 Å². The van der Waals surface area contributed by atoms with Gasteiger partial charge < -0.3 is 4.74 Å². The largest absolute Gasteiger partial charge is 0.455 e. The van der Waals surface area contributed by atoms with Crippen LogP contribution in [0.2, 0.25) is 0 Å². The van der Waals surface area contributed by atoms with Crippen molar-refractivity contribution in [2.75, 3.05) is 0 Å². The molecule has 1 rings (SSSR count). The van der Waals surface area contributed by atoms with Crippen molar-refractivity contribution in [1.82, 2.24) is 4.72 Å². The fourth-order valence-corrected chi connectivity index (χ4v) is 2.34. The van der Waals surface area contributed by atoms with Crippen molar-refractivity contribution >= 4 is 16.0 Å². The zero-order chi connectivity index (χ0) is 15.6. The summed E-state index contributed by atoms with van der Waals surface area (Å²) in [4.78, 5) is 11.7. The maximum absolute atomic E-state index is 12.0. The molecule has 0 radical (unpaired) electrons. The average molecular weight is 297 g/mol. The monoisotopic (exact) mass is 297 g/mol. The van der Waals surface area contributed by atoms with E-state index in [1.807, 2.05) is 6.92 Å². The fraction of sp³-hybridized carbons (Fsp3) is 0.357. The van der Waals surface area contributed by atoms with Crippen molar-refractivity contribution in [3.05, 3.63) is 42.1 Å². The molecule has 1 aromatic rings. The first-order valence-corrected chi connectivity index (χ1v) is 7.51. The van der Waals surface area contributed by atoms with Crippen LogP contribution in [0.3, 0.4) is 0 Å². The number of rotatable bonds is 4. The van der Waals surface area contributed by atoms with Crippen LogP contribution in [0.4, 0.5) is 0 Å². The molecule has 1 aromatic carbocycles. The Morgan fingerprint density at radius 1 is 1.20 bits per heavy atom. The molecule has 110 valence electrons. The second-order valence-electron chi connectivity index (χ2n) is 5.40. The summed E-state index contributed by atoms with van der Waals surface area (Å²) in [6.07, 6.45) is 0. The number of hydrogen-bond donors (Lipinski definition) is 1. The summed E-state index contributed by atoms with van der Waals surface area (Å²) in [6.45, 7) is 10.3. The summed E-state index contributed by atoms with van der Waals surface area (Å²) in [5.74, 6) is -0.798. The molecule has 1 N–H and O–H groups in total. The molecule has 0 aromatic heterocycles. The molecule has 0 aliphatic carbocycles. The van der Waals surface area contributed by atoms with Crippen LogP contribution in [0.1, 0.15) is 26.3 Å². The number of carbonyl (C=O) groups is 1. The highest BCUT2D eigenvalue weighted by molar-refractivity contribution is 7.89. The summed E-state index contributed by atoms with van der Waals surface area (Å²) < 4.78 is 31.2. The molecule has 0 amide bonds. The lowest BCUT2D eigenvalue weighted by Gasteiger charge is -2.20. The Balaban J connectivity index is 2.84. The minimum Gasteiger partial charge on any atom is -0.455 e. The van der Waals surface area contributed by atoms with Crippen LogP contribution in [0.25, 0.3) is 0 Å². The Labute approximate surface area is 119 Å². The molecule has 0 atom stereocenters. The zero-order valence-electron chi connectivity index (χ0n) is 12.1. The summed E-state index contributed by atoms with van der Waals surface area (Å²) in [7, 11) is -3.83. The van der Waals surface area contributed by atoms with E-state index in [1.54, 1.807) is 32.9 Å². The van der Waals surface area contributed by atoms with Gasteiger partial charge >= 0.3 is 5.97 Å². The van der Waals surface area contributed by atoms with Gasteiger partial charge in [-0.2, -0.15) is 0 Å². The van der Waals surface area contributed by atoms with Gasteiger partial charge in [0.05, 0.1) is 4.90 Å². The highest BCUT2D eigenvalue weighted by Gasteiger charge is 2.22. The van der Waals surface area contributed by atoms with Crippen molar-refractivity contribution in [3.8, 4) is 0 Å². The zero-order valence-corrected chi connectivity index (χ0v) is 12.9. The van der Waals surface area contributed by atoms with Gasteiger partial charge in [0.15, 0.2) is 0 Å². The lowest BCUT2D eigenvalue weighted by atomic mass is 10.2. The Hall–Kier alpha value is -1.82. The van der Waals surface area contributed by atoms with Gasteiger partial charge in [-0.05, 0) is 39.8 Å². The van der Waals surface area contributed by atoms with Gasteiger partial charge in [-0.1, -0.05) is 24.3 Å². The normalized spacial score (nSPS) is 11.8. The van der Waals surface area contributed by atoms with Crippen LogP contribution in [0, 0.1) is 6.92 Å². The molecular formula is C14H19NO4S. The van der Waals surface area contributed by atoms with Gasteiger partial charge in [0.2, 0.25) is 0 Å². The number of esters is 1. The highest BCUT2D eigenvalue weighted by Crippen LogP contribution is 2.13. The molecule has 0 spiro atoms. The van der Waals surface area contributed by atoms with E-state index >= 15 is 0 Å². The van der Waals surface area contributed by atoms with E-state index in [4.69, 9.17) is 4.74 Å². The van der Waals surface area contributed by atoms with Crippen molar-refractivity contribution in [1.29, 1.82) is 0 Å². The van der Waals surface area contributed by atoms with Gasteiger partial charge in [-0.15, -0.1) is 0 Å². The van der Waals surface area contributed by atoms with Crippen molar-refractivity contribution in [2.24, 2.45) is 0 Å². The molecule has 0 saturated carbocycles. The number of nitrogens with one attached hydrogen (secondary N) is 1. The van der Waals surface area contributed by atoms with E-state index in [2.05, 4.69) is 11.3 Å². The van der Waals surface area contributed by atoms with Crippen molar-refractivity contribution in [3.63, 3.8) is 0 Å². The number of ether oxygens (including phenoxy) is 1. The summed E-state index contributed by atoms with van der Waals surface area (Å²) in [6, 6.07) is 6.26. The predicted octanol–water partition coefficient (Wildman–Crippen LogP) is 2.13. The highest BCUT2D eigenvalue weighted by atomic mass is 32.2. The minimum atomic E-state index is -3.83. The molecule has 0 saturated heterocycles. The maximum Gasteiger partial charge on any atom is 0.355 e. The molecule has 6 heteroatoms. The van der Waals surface area contributed by atoms with E-state index < -0.39 is 21.6 Å². The second kappa shape index (κ2) is 5.66. The minimum absolute atomic E-state index is 0.0628. The SMILES string of the molecule is C=C(NS(=O)(=O)c1ccc(C)cc1)C(=O)OC(C)(C)C. The van der Waals surface area contributed by atoms with Gasteiger partial charge in [0.25, 0.3) is 10.0 Å². The van der Waals surface area contributed by atoms with Gasteiger partial charge in [-0.25, -0.2) is 13.2 Å². The average Bonchev–Trinajstić information content (AvgIpc) is 2.26. The summed E-state index contributed by atoms with van der Waals surface area (Å²) in [5.41, 5.74) is -0.0922. The van der Waals surface area contributed by atoms with Crippen LogP contribution in [0.5, 0.6) is 0 Å². The third kappa shape index (κ3) is 4.70. The Bertz CT molecular complexity index is 610. The van der Waals surface area contributed by atoms with E-state index in [-0.39, 0.29) is 10.6 Å². The first kappa shape index (κ1) is 16.2. The Kier molecular flexibility index (Phi) is 4.60. The number of hydrogen-bond acceptors (Lipinski definition) is 4. The first-order valence-electron chi connectivity index (χ1n) is 6.03. The second-order valence-corrected chi connectivity index (χ2v) is 7.08. The number of carbonyl (C=O) groups excluding carboxylic acids is 1. The molecule has 0 heterocycles. The van der Waals surface area contributed by atoms with Crippen molar-refractivity contribution in [2.45, 2.75) is 38.2 Å². The van der Waals surface area contributed by atoms with Gasteiger partial charge in [0.1, 0.15) is 11.3 Å². The van der Waals surface area contributed by atoms with E-state index in [0.29, 0.717) is 0 Å². The molecule has 0 unspecified atom stereocenters. The summed E-state index contributed by atoms with van der Waals surface area (Å²) in [5, 5.41) is 0. The summed E-state index contributed by atoms with van der Waals surface area (Å²) >= 11 is 0. The molecule has 0 aliphatic heterocycles. The number of sulfonamides is 1. The van der Waals surface area contributed by atoms with Crippen molar-refractivity contribution < 1.29 is 17.9 Å². The maximum atomic E-state index is 12.0. The molecule has 5 nitrogen and oxygen atoms in total. The fourth-order valence-electron chi connectivity index (χ4n) is 1.32. The molecule has 20 heavy (non-hydrogen) atoms. The molecular weight excluding hydrogens is 278 g/mol. The van der Waals surface area contributed by atoms with Crippen LogP contribution in [0.15, 0.2) is 41.4 Å². The van der Waals surface area contributed by atoms with Crippen LogP contribution < -0.4 is 4.72 Å². The first-order chi connectivity index (χ1) is 9.01. The van der Waals surface area contributed by atoms with E-state index in [1.165, 1.54) is 12.1 Å².